The number of aromatic amines is 1. The Hall–Kier alpha value is -2.75. The molecule has 4 nitrogen and oxygen atoms in total. The molecule has 1 N–H and O–H groups in total. The highest BCUT2D eigenvalue weighted by Crippen LogP contribution is 2.33. The molecule has 144 valence electrons. The molecule has 0 atom stereocenters. The summed E-state index contributed by atoms with van der Waals surface area (Å²) in [7, 11) is 1.67. The molecule has 0 bridgehead atoms. The van der Waals surface area contributed by atoms with Crippen LogP contribution in [0.15, 0.2) is 42.5 Å². The molecule has 1 fully saturated rings. The Morgan fingerprint density at radius 2 is 1.89 bits per heavy atom. The van der Waals surface area contributed by atoms with Gasteiger partial charge in [0.1, 0.15) is 5.75 Å². The van der Waals surface area contributed by atoms with Gasteiger partial charge in [-0.2, -0.15) is 0 Å². The summed E-state index contributed by atoms with van der Waals surface area (Å²) in [4.78, 5) is 19.0. The Kier molecular flexibility index (Phi) is 4.34. The highest BCUT2D eigenvalue weighted by molar-refractivity contribution is 5.99. The number of benzene rings is 2. The molecule has 2 aliphatic rings. The summed E-state index contributed by atoms with van der Waals surface area (Å²) < 4.78 is 5.25. The molecule has 28 heavy (non-hydrogen) atoms. The number of fused-ring (bicyclic) bond motifs is 3. The quantitative estimate of drug-likeness (QED) is 0.693. The topological polar surface area (TPSA) is 45.3 Å². The molecule has 5 rings (SSSR count). The van der Waals surface area contributed by atoms with Gasteiger partial charge in [-0.05, 0) is 80.0 Å². The van der Waals surface area contributed by atoms with Gasteiger partial charge in [0.25, 0.3) is 5.91 Å². The second kappa shape index (κ2) is 7.01. The second-order valence-corrected chi connectivity index (χ2v) is 8.06. The number of rotatable bonds is 5. The van der Waals surface area contributed by atoms with Gasteiger partial charge in [-0.3, -0.25) is 4.79 Å². The first kappa shape index (κ1) is 17.4. The van der Waals surface area contributed by atoms with E-state index in [1.807, 2.05) is 35.2 Å². The summed E-state index contributed by atoms with van der Waals surface area (Å²) in [6.07, 6.45) is 6.93. The molecule has 1 aromatic heterocycles. The third-order valence-corrected chi connectivity index (χ3v) is 6.11. The maximum Gasteiger partial charge on any atom is 0.254 e. The number of amides is 1. The molecule has 0 unspecified atom stereocenters. The summed E-state index contributed by atoms with van der Waals surface area (Å²) >= 11 is 0. The summed E-state index contributed by atoms with van der Waals surface area (Å²) in [5, 5.41) is 1.24. The molecule has 2 aromatic carbocycles. The van der Waals surface area contributed by atoms with Crippen LogP contribution in [0.25, 0.3) is 10.9 Å². The first-order chi connectivity index (χ1) is 13.7. The molecule has 1 amide bonds. The first-order valence-electron chi connectivity index (χ1n) is 10.3. The third kappa shape index (κ3) is 3.17. The van der Waals surface area contributed by atoms with Crippen LogP contribution in [0.5, 0.6) is 5.75 Å². The van der Waals surface area contributed by atoms with Crippen molar-refractivity contribution in [3.8, 4) is 5.75 Å². The SMILES string of the molecule is COc1ccc(CN(C(=O)c2ccc3[nH]c4c(c3c2)CCCC4)C2CC2)cc1. The van der Waals surface area contributed by atoms with Crippen LogP contribution >= 0.6 is 0 Å². The van der Waals surface area contributed by atoms with Gasteiger partial charge in [0, 0.05) is 34.7 Å². The van der Waals surface area contributed by atoms with Gasteiger partial charge in [0.15, 0.2) is 0 Å². The van der Waals surface area contributed by atoms with Gasteiger partial charge in [-0.25, -0.2) is 0 Å². The van der Waals surface area contributed by atoms with Gasteiger partial charge in [0.05, 0.1) is 7.11 Å². The molecular formula is C24H26N2O2. The average molecular weight is 374 g/mol. The summed E-state index contributed by atoms with van der Waals surface area (Å²) in [6, 6.07) is 14.6. The number of aryl methyl sites for hydroxylation is 2. The van der Waals surface area contributed by atoms with Crippen molar-refractivity contribution in [3.63, 3.8) is 0 Å². The van der Waals surface area contributed by atoms with E-state index in [0.717, 1.165) is 48.1 Å². The molecule has 0 spiro atoms. The minimum atomic E-state index is 0.144. The molecule has 0 saturated heterocycles. The van der Waals surface area contributed by atoms with E-state index in [4.69, 9.17) is 4.74 Å². The highest BCUT2D eigenvalue weighted by atomic mass is 16.5. The van der Waals surface area contributed by atoms with E-state index in [1.165, 1.54) is 29.5 Å². The fourth-order valence-electron chi connectivity index (χ4n) is 4.39. The van der Waals surface area contributed by atoms with E-state index >= 15 is 0 Å². The monoisotopic (exact) mass is 374 g/mol. The molecule has 1 heterocycles. The van der Waals surface area contributed by atoms with Crippen molar-refractivity contribution in [1.82, 2.24) is 9.88 Å². The zero-order valence-electron chi connectivity index (χ0n) is 16.3. The van der Waals surface area contributed by atoms with Gasteiger partial charge in [-0.1, -0.05) is 12.1 Å². The highest BCUT2D eigenvalue weighted by Gasteiger charge is 2.33. The Morgan fingerprint density at radius 3 is 2.64 bits per heavy atom. The summed E-state index contributed by atoms with van der Waals surface area (Å²) in [5.74, 6) is 0.988. The molecule has 4 heteroatoms. The molecule has 2 aliphatic carbocycles. The van der Waals surface area contributed by atoms with Crippen LogP contribution in [-0.4, -0.2) is 28.9 Å². The lowest BCUT2D eigenvalue weighted by atomic mass is 9.95. The number of nitrogens with zero attached hydrogens (tertiary/aromatic N) is 1. The van der Waals surface area contributed by atoms with E-state index in [1.54, 1.807) is 7.11 Å². The number of carbonyl (C=O) groups excluding carboxylic acids is 1. The molecule has 0 radical (unpaired) electrons. The lowest BCUT2D eigenvalue weighted by molar-refractivity contribution is 0.0730. The zero-order chi connectivity index (χ0) is 19.1. The molecular weight excluding hydrogens is 348 g/mol. The smallest absolute Gasteiger partial charge is 0.254 e. The Labute approximate surface area is 165 Å². The van der Waals surface area contributed by atoms with E-state index < -0.39 is 0 Å². The predicted octanol–water partition coefficient (Wildman–Crippen LogP) is 4.86. The predicted molar refractivity (Wildman–Crippen MR) is 111 cm³/mol. The number of methoxy groups -OCH3 is 1. The number of aromatic nitrogens is 1. The van der Waals surface area contributed by atoms with Crippen LogP contribution in [0.4, 0.5) is 0 Å². The fourth-order valence-corrected chi connectivity index (χ4v) is 4.39. The van der Waals surface area contributed by atoms with Gasteiger partial charge in [-0.15, -0.1) is 0 Å². The first-order valence-corrected chi connectivity index (χ1v) is 10.3. The summed E-state index contributed by atoms with van der Waals surface area (Å²) in [6.45, 7) is 0.650. The van der Waals surface area contributed by atoms with E-state index in [9.17, 15) is 4.79 Å². The van der Waals surface area contributed by atoms with E-state index in [-0.39, 0.29) is 5.91 Å². The van der Waals surface area contributed by atoms with Crippen LogP contribution in [0.3, 0.4) is 0 Å². The van der Waals surface area contributed by atoms with Gasteiger partial charge >= 0.3 is 0 Å². The van der Waals surface area contributed by atoms with Crippen molar-refractivity contribution in [2.45, 2.75) is 51.1 Å². The minimum Gasteiger partial charge on any atom is -0.497 e. The van der Waals surface area contributed by atoms with Crippen molar-refractivity contribution in [3.05, 3.63) is 64.8 Å². The van der Waals surface area contributed by atoms with Crippen LogP contribution in [0.1, 0.15) is 52.9 Å². The van der Waals surface area contributed by atoms with Crippen LogP contribution < -0.4 is 4.74 Å². The lowest BCUT2D eigenvalue weighted by Gasteiger charge is -2.23. The van der Waals surface area contributed by atoms with E-state index in [2.05, 4.69) is 17.1 Å². The molecule has 1 saturated carbocycles. The summed E-state index contributed by atoms with van der Waals surface area (Å²) in [5.41, 5.74) is 5.89. The van der Waals surface area contributed by atoms with Crippen molar-refractivity contribution in [2.75, 3.05) is 7.11 Å². The van der Waals surface area contributed by atoms with Gasteiger partial charge < -0.3 is 14.6 Å². The zero-order valence-corrected chi connectivity index (χ0v) is 16.3. The third-order valence-electron chi connectivity index (χ3n) is 6.11. The normalized spacial score (nSPS) is 16.0. The fraction of sp³-hybridized carbons (Fsp3) is 0.375. The largest absolute Gasteiger partial charge is 0.497 e. The van der Waals surface area contributed by atoms with Crippen molar-refractivity contribution in [2.24, 2.45) is 0 Å². The van der Waals surface area contributed by atoms with Crippen LogP contribution in [0, 0.1) is 0 Å². The van der Waals surface area contributed by atoms with E-state index in [0.29, 0.717) is 12.6 Å². The average Bonchev–Trinajstić information content (AvgIpc) is 3.52. The van der Waals surface area contributed by atoms with Crippen LogP contribution in [0.2, 0.25) is 0 Å². The van der Waals surface area contributed by atoms with Crippen LogP contribution in [-0.2, 0) is 19.4 Å². The minimum absolute atomic E-state index is 0.144. The number of hydrogen-bond acceptors (Lipinski definition) is 2. The Morgan fingerprint density at radius 1 is 1.11 bits per heavy atom. The second-order valence-electron chi connectivity index (χ2n) is 8.06. The Balaban J connectivity index is 1.44. The number of ether oxygens (including phenoxy) is 1. The number of nitrogens with one attached hydrogen (secondary N) is 1. The maximum atomic E-state index is 13.4. The number of H-pyrrole nitrogens is 1. The van der Waals surface area contributed by atoms with Crippen molar-refractivity contribution in [1.29, 1.82) is 0 Å². The number of hydrogen-bond donors (Lipinski definition) is 1. The van der Waals surface area contributed by atoms with Crippen molar-refractivity contribution >= 4 is 16.8 Å². The molecule has 0 aliphatic heterocycles. The number of carbonyl (C=O) groups is 1. The van der Waals surface area contributed by atoms with Crippen molar-refractivity contribution < 1.29 is 9.53 Å². The Bertz CT molecular complexity index is 1020. The maximum absolute atomic E-state index is 13.4. The molecule has 3 aromatic rings. The standard InChI is InChI=1S/C24H26N2O2/c1-28-19-11-6-16(7-12-19)15-26(18-9-10-18)24(27)17-8-13-23-21(14-17)20-4-2-3-5-22(20)25-23/h6-8,11-14,18,25H,2-5,9-10,15H2,1H3. The lowest BCUT2D eigenvalue weighted by Crippen LogP contribution is -2.32. The van der Waals surface area contributed by atoms with Gasteiger partial charge in [0.2, 0.25) is 0 Å².